The summed E-state index contributed by atoms with van der Waals surface area (Å²) in [6.45, 7) is 4.15. The van der Waals surface area contributed by atoms with Gasteiger partial charge in [-0.15, -0.1) is 0 Å². The highest BCUT2D eigenvalue weighted by Gasteiger charge is 2.28. The van der Waals surface area contributed by atoms with Gasteiger partial charge in [-0.2, -0.15) is 0 Å². The van der Waals surface area contributed by atoms with E-state index in [0.29, 0.717) is 16.8 Å². The van der Waals surface area contributed by atoms with Gasteiger partial charge in [-0.25, -0.2) is 0 Å². The molecule has 5 rings (SSSR count). The van der Waals surface area contributed by atoms with Crippen LogP contribution in [0.1, 0.15) is 52.1 Å². The van der Waals surface area contributed by atoms with Crippen molar-refractivity contribution in [3.8, 4) is 5.75 Å². The smallest absolute Gasteiger partial charge is 0.255 e. The fourth-order valence-corrected chi connectivity index (χ4v) is 4.64. The maximum Gasteiger partial charge on any atom is 0.255 e. The molecule has 6 heteroatoms. The molecule has 1 amide bonds. The van der Waals surface area contributed by atoms with E-state index < -0.39 is 0 Å². The van der Waals surface area contributed by atoms with Crippen molar-refractivity contribution in [1.29, 1.82) is 0 Å². The number of ketones is 1. The molecule has 0 fully saturated rings. The number of hydrogen-bond acceptors (Lipinski definition) is 5. The van der Waals surface area contributed by atoms with Gasteiger partial charge < -0.3 is 10.1 Å². The topological polar surface area (TPSA) is 80.7 Å². The molecule has 1 N–H and O–H groups in total. The van der Waals surface area contributed by atoms with Crippen LogP contribution >= 0.6 is 0 Å². The molecule has 0 atom stereocenters. The summed E-state index contributed by atoms with van der Waals surface area (Å²) >= 11 is 0. The van der Waals surface area contributed by atoms with Gasteiger partial charge >= 0.3 is 0 Å². The molecule has 0 saturated carbocycles. The number of carbonyl (C=O) groups excluding carboxylic acids is 2. The summed E-state index contributed by atoms with van der Waals surface area (Å²) in [6, 6.07) is 22.1. The Hall–Kier alpha value is -4.32. The van der Waals surface area contributed by atoms with E-state index in [0.717, 1.165) is 39.9 Å². The number of Topliss-reactive ketones (excluding diaryl/α,β-unsaturated/α-hetero) is 1. The minimum atomic E-state index is -0.281. The number of amides is 1. The number of aliphatic imine (C=N–C) groups is 1. The summed E-state index contributed by atoms with van der Waals surface area (Å²) < 4.78 is 5.39. The van der Waals surface area contributed by atoms with Crippen molar-refractivity contribution in [1.82, 2.24) is 4.98 Å². The Morgan fingerprint density at radius 2 is 1.75 bits per heavy atom. The Morgan fingerprint density at radius 3 is 2.53 bits per heavy atom. The first kappa shape index (κ1) is 23.4. The summed E-state index contributed by atoms with van der Waals surface area (Å²) in [5.74, 6) is 0.447. The fraction of sp³-hybridized carbons (Fsp3) is 0.200. The molecule has 0 unspecified atom stereocenters. The summed E-state index contributed by atoms with van der Waals surface area (Å²) in [7, 11) is 1.63. The lowest BCUT2D eigenvalue weighted by atomic mass is 9.85. The first-order chi connectivity index (χ1) is 17.3. The molecule has 36 heavy (non-hydrogen) atoms. The van der Waals surface area contributed by atoms with E-state index in [1.807, 2.05) is 42.5 Å². The van der Waals surface area contributed by atoms with Crippen LogP contribution in [-0.2, 0) is 6.42 Å². The number of rotatable bonds is 6. The number of anilines is 1. The van der Waals surface area contributed by atoms with Crippen molar-refractivity contribution in [2.75, 3.05) is 12.4 Å². The minimum Gasteiger partial charge on any atom is -0.497 e. The number of nitrogens with one attached hydrogen (secondary N) is 1. The van der Waals surface area contributed by atoms with Gasteiger partial charge in [0.2, 0.25) is 0 Å². The van der Waals surface area contributed by atoms with Gasteiger partial charge in [-0.05, 0) is 74.4 Å². The van der Waals surface area contributed by atoms with Crippen molar-refractivity contribution < 1.29 is 14.3 Å². The van der Waals surface area contributed by atoms with Crippen LogP contribution in [0.15, 0.2) is 84.0 Å². The summed E-state index contributed by atoms with van der Waals surface area (Å²) in [6.07, 6.45) is 2.71. The van der Waals surface area contributed by atoms with E-state index in [9.17, 15) is 9.59 Å². The van der Waals surface area contributed by atoms with Crippen LogP contribution in [0.5, 0.6) is 5.75 Å². The molecule has 0 aliphatic carbocycles. The van der Waals surface area contributed by atoms with E-state index in [-0.39, 0.29) is 23.7 Å². The van der Waals surface area contributed by atoms with Gasteiger partial charge in [-0.1, -0.05) is 24.3 Å². The van der Waals surface area contributed by atoms with Gasteiger partial charge in [0.15, 0.2) is 5.78 Å². The maximum absolute atomic E-state index is 13.2. The Labute approximate surface area is 210 Å². The van der Waals surface area contributed by atoms with Crippen molar-refractivity contribution in [3.05, 3.63) is 101 Å². The molecule has 3 aromatic carbocycles. The Kier molecular flexibility index (Phi) is 6.10. The summed E-state index contributed by atoms with van der Waals surface area (Å²) in [5.41, 5.74) is 5.11. The number of nitrogens with zero attached hydrogens (tertiary/aromatic N) is 2. The molecular weight excluding hydrogens is 450 g/mol. The largest absolute Gasteiger partial charge is 0.497 e. The minimum absolute atomic E-state index is 0.0488. The second-order valence-electron chi connectivity index (χ2n) is 9.58. The van der Waals surface area contributed by atoms with Crippen LogP contribution in [0.3, 0.4) is 0 Å². The number of fused-ring (bicyclic) bond motifs is 2. The fourth-order valence-electron chi connectivity index (χ4n) is 4.64. The number of ether oxygens (including phenoxy) is 1. The molecule has 6 nitrogen and oxygen atoms in total. The molecule has 0 spiro atoms. The first-order valence-corrected chi connectivity index (χ1v) is 11.9. The average molecular weight is 478 g/mol. The SMILES string of the molecule is COc1ccc2c(c1)C(CC(=O)c1ccc(C(=O)Nc3cccc4ncccc34)cc1)=NC(C)(C)C2. The van der Waals surface area contributed by atoms with Gasteiger partial charge in [-0.3, -0.25) is 19.6 Å². The summed E-state index contributed by atoms with van der Waals surface area (Å²) in [4.78, 5) is 35.3. The van der Waals surface area contributed by atoms with Crippen LogP contribution in [0.4, 0.5) is 5.69 Å². The number of hydrogen-bond donors (Lipinski definition) is 1. The first-order valence-electron chi connectivity index (χ1n) is 11.9. The highest BCUT2D eigenvalue weighted by molar-refractivity contribution is 6.17. The molecule has 180 valence electrons. The zero-order chi connectivity index (χ0) is 25.3. The highest BCUT2D eigenvalue weighted by atomic mass is 16.5. The third-order valence-electron chi connectivity index (χ3n) is 6.38. The van der Waals surface area contributed by atoms with Gasteiger partial charge in [0, 0.05) is 28.3 Å². The van der Waals surface area contributed by atoms with E-state index in [1.165, 1.54) is 0 Å². The average Bonchev–Trinajstić information content (AvgIpc) is 2.88. The monoisotopic (exact) mass is 477 g/mol. The molecule has 1 aromatic heterocycles. The van der Waals surface area contributed by atoms with E-state index in [1.54, 1.807) is 37.6 Å². The van der Waals surface area contributed by atoms with Crippen LogP contribution in [0.25, 0.3) is 10.9 Å². The lowest BCUT2D eigenvalue weighted by molar-refractivity contribution is 0.0995. The van der Waals surface area contributed by atoms with Crippen LogP contribution in [-0.4, -0.2) is 35.0 Å². The van der Waals surface area contributed by atoms with E-state index in [4.69, 9.17) is 9.73 Å². The predicted molar refractivity (Wildman–Crippen MR) is 142 cm³/mol. The molecule has 0 bridgehead atoms. The highest BCUT2D eigenvalue weighted by Crippen LogP contribution is 2.31. The Balaban J connectivity index is 1.33. The lowest BCUT2D eigenvalue weighted by Crippen LogP contribution is -2.30. The second kappa shape index (κ2) is 9.38. The lowest BCUT2D eigenvalue weighted by Gasteiger charge is -2.29. The molecular formula is C30H27N3O3. The quantitative estimate of drug-likeness (QED) is 0.351. The number of pyridine rings is 1. The second-order valence-corrected chi connectivity index (χ2v) is 9.58. The van der Waals surface area contributed by atoms with Gasteiger partial charge in [0.05, 0.1) is 36.0 Å². The van der Waals surface area contributed by atoms with Crippen LogP contribution in [0, 0.1) is 0 Å². The Morgan fingerprint density at radius 1 is 0.972 bits per heavy atom. The number of aromatic nitrogens is 1. The Bertz CT molecular complexity index is 1500. The number of carbonyl (C=O) groups is 2. The van der Waals surface area contributed by atoms with Gasteiger partial charge in [0.1, 0.15) is 5.75 Å². The van der Waals surface area contributed by atoms with Crippen molar-refractivity contribution >= 4 is 34.0 Å². The van der Waals surface area contributed by atoms with Gasteiger partial charge in [0.25, 0.3) is 5.91 Å². The summed E-state index contributed by atoms with van der Waals surface area (Å²) in [5, 5.41) is 3.82. The van der Waals surface area contributed by atoms with E-state index >= 15 is 0 Å². The third-order valence-corrected chi connectivity index (χ3v) is 6.38. The van der Waals surface area contributed by atoms with Crippen molar-refractivity contribution in [2.45, 2.75) is 32.2 Å². The zero-order valence-electron chi connectivity index (χ0n) is 20.5. The number of benzene rings is 3. The van der Waals surface area contributed by atoms with Crippen molar-refractivity contribution in [2.24, 2.45) is 4.99 Å². The normalized spacial score (nSPS) is 14.0. The molecule has 4 aromatic rings. The standard InChI is InChI=1S/C30H27N3O3/c1-30(2)18-21-13-14-22(36-3)16-24(21)27(33-30)17-28(34)19-9-11-20(12-10-19)29(35)32-26-8-4-7-25-23(26)6-5-15-31-25/h4-16H,17-18H2,1-3H3,(H,32,35). The molecule has 1 aliphatic rings. The third kappa shape index (κ3) is 4.75. The number of methoxy groups -OCH3 is 1. The molecule has 1 aliphatic heterocycles. The van der Waals surface area contributed by atoms with Crippen LogP contribution < -0.4 is 10.1 Å². The molecule has 0 radical (unpaired) electrons. The predicted octanol–water partition coefficient (Wildman–Crippen LogP) is 5.89. The molecule has 0 saturated heterocycles. The maximum atomic E-state index is 13.2. The molecule has 2 heterocycles. The zero-order valence-corrected chi connectivity index (χ0v) is 20.5. The van der Waals surface area contributed by atoms with Crippen LogP contribution in [0.2, 0.25) is 0 Å². The van der Waals surface area contributed by atoms with E-state index in [2.05, 4.69) is 30.2 Å². The van der Waals surface area contributed by atoms with Crippen molar-refractivity contribution in [3.63, 3.8) is 0 Å².